The number of rotatable bonds is 4. The number of hydrogen-bond acceptors (Lipinski definition) is 4. The molecule has 29 heavy (non-hydrogen) atoms. The molecule has 154 valence electrons. The standard InChI is InChI=1S/C19H17OS.CHF3O3S/c1-20-16-12-14-19(15-13-16)21(17-8-4-2-5-9-17)18-10-6-3-7-11-18;2-1(3,4)8(5,6)7/h2-15H,1H3;(H,5,6,7)/q+1;/p-1. The van der Waals surface area contributed by atoms with Crippen LogP contribution in [0, 0.1) is 0 Å². The second-order valence-corrected chi connectivity index (χ2v) is 8.91. The molecule has 3 aromatic rings. The van der Waals surface area contributed by atoms with Crippen molar-refractivity contribution in [3.63, 3.8) is 0 Å². The molecule has 0 spiro atoms. The zero-order valence-electron chi connectivity index (χ0n) is 15.2. The van der Waals surface area contributed by atoms with Crippen LogP contribution in [-0.4, -0.2) is 25.6 Å². The summed E-state index contributed by atoms with van der Waals surface area (Å²) in [7, 11) is -4.47. The maximum Gasteiger partial charge on any atom is 0.485 e. The van der Waals surface area contributed by atoms with Gasteiger partial charge in [-0.25, -0.2) is 8.42 Å². The summed E-state index contributed by atoms with van der Waals surface area (Å²) in [6.45, 7) is 0. The van der Waals surface area contributed by atoms with E-state index in [0.29, 0.717) is 0 Å². The molecule has 0 saturated carbocycles. The van der Waals surface area contributed by atoms with Crippen molar-refractivity contribution in [3.05, 3.63) is 84.9 Å². The van der Waals surface area contributed by atoms with E-state index in [1.54, 1.807) is 7.11 Å². The van der Waals surface area contributed by atoms with Crippen LogP contribution in [-0.2, 0) is 21.0 Å². The molecule has 0 fully saturated rings. The maximum absolute atomic E-state index is 10.7. The Kier molecular flexibility index (Phi) is 7.72. The van der Waals surface area contributed by atoms with E-state index >= 15 is 0 Å². The molecule has 0 aliphatic carbocycles. The van der Waals surface area contributed by atoms with Crippen molar-refractivity contribution in [2.24, 2.45) is 0 Å². The van der Waals surface area contributed by atoms with Crippen molar-refractivity contribution in [1.29, 1.82) is 0 Å². The molecule has 3 rings (SSSR count). The molecule has 4 nitrogen and oxygen atoms in total. The molecule has 0 saturated heterocycles. The Hall–Kier alpha value is -2.49. The first-order valence-electron chi connectivity index (χ1n) is 8.14. The van der Waals surface area contributed by atoms with E-state index in [4.69, 9.17) is 17.7 Å². The minimum Gasteiger partial charge on any atom is -0.741 e. The maximum atomic E-state index is 10.7. The molecular weight excluding hydrogens is 425 g/mol. The number of benzene rings is 3. The van der Waals surface area contributed by atoms with Gasteiger partial charge in [0.05, 0.1) is 18.0 Å². The van der Waals surface area contributed by atoms with Gasteiger partial charge in [0, 0.05) is 0 Å². The molecule has 0 heterocycles. The zero-order valence-corrected chi connectivity index (χ0v) is 16.8. The third-order valence-corrected chi connectivity index (χ3v) is 6.33. The van der Waals surface area contributed by atoms with Gasteiger partial charge in [-0.15, -0.1) is 0 Å². The Morgan fingerprint density at radius 2 is 1.10 bits per heavy atom. The lowest BCUT2D eigenvalue weighted by molar-refractivity contribution is -0.0517. The first-order chi connectivity index (χ1) is 13.6. The van der Waals surface area contributed by atoms with Gasteiger partial charge >= 0.3 is 5.51 Å². The van der Waals surface area contributed by atoms with Gasteiger partial charge in [-0.05, 0) is 48.5 Å². The first kappa shape index (κ1) is 22.8. The van der Waals surface area contributed by atoms with E-state index in [1.807, 2.05) is 12.1 Å². The summed E-state index contributed by atoms with van der Waals surface area (Å²) in [5.41, 5.74) is -5.65. The van der Waals surface area contributed by atoms with E-state index in [-0.39, 0.29) is 10.9 Å². The molecule has 0 amide bonds. The Morgan fingerprint density at radius 1 is 0.759 bits per heavy atom. The van der Waals surface area contributed by atoms with E-state index in [9.17, 15) is 13.2 Å². The fourth-order valence-corrected chi connectivity index (χ4v) is 4.32. The van der Waals surface area contributed by atoms with Crippen LogP contribution in [0.1, 0.15) is 0 Å². The number of halogens is 3. The third kappa shape index (κ3) is 6.52. The molecule has 0 aromatic heterocycles. The number of alkyl halides is 3. The topological polar surface area (TPSA) is 66.4 Å². The highest BCUT2D eigenvalue weighted by molar-refractivity contribution is 7.97. The summed E-state index contributed by atoms with van der Waals surface area (Å²) < 4.78 is 64.2. The highest BCUT2D eigenvalue weighted by atomic mass is 32.2. The molecular formula is C20H17F3O4S2. The van der Waals surface area contributed by atoms with Crippen LogP contribution < -0.4 is 4.74 Å². The van der Waals surface area contributed by atoms with Gasteiger partial charge in [0.2, 0.25) is 0 Å². The average molecular weight is 442 g/mol. The average Bonchev–Trinajstić information content (AvgIpc) is 2.69. The van der Waals surface area contributed by atoms with Crippen LogP contribution in [0.5, 0.6) is 5.75 Å². The Bertz CT molecular complexity index is 952. The fraction of sp³-hybridized carbons (Fsp3) is 0.100. The fourth-order valence-electron chi connectivity index (χ4n) is 2.23. The van der Waals surface area contributed by atoms with Gasteiger partial charge < -0.3 is 9.29 Å². The monoisotopic (exact) mass is 442 g/mol. The summed E-state index contributed by atoms with van der Waals surface area (Å²) >= 11 is 0. The Labute approximate surface area is 170 Å². The van der Waals surface area contributed by atoms with Crippen LogP contribution in [0.25, 0.3) is 0 Å². The van der Waals surface area contributed by atoms with Crippen molar-refractivity contribution in [2.75, 3.05) is 7.11 Å². The minimum atomic E-state index is -6.09. The Balaban J connectivity index is 0.000000321. The summed E-state index contributed by atoms with van der Waals surface area (Å²) in [6.07, 6.45) is 0. The largest absolute Gasteiger partial charge is 0.741 e. The van der Waals surface area contributed by atoms with Gasteiger partial charge in [0.15, 0.2) is 24.8 Å². The van der Waals surface area contributed by atoms with Gasteiger partial charge in [-0.1, -0.05) is 36.4 Å². The number of methoxy groups -OCH3 is 1. The molecule has 0 radical (unpaired) electrons. The van der Waals surface area contributed by atoms with Crippen molar-refractivity contribution in [3.8, 4) is 5.75 Å². The Morgan fingerprint density at radius 3 is 1.41 bits per heavy atom. The quantitative estimate of drug-likeness (QED) is 0.329. The highest BCUT2D eigenvalue weighted by Crippen LogP contribution is 2.31. The lowest BCUT2D eigenvalue weighted by atomic mass is 10.3. The second-order valence-electron chi connectivity index (χ2n) is 5.51. The first-order valence-corrected chi connectivity index (χ1v) is 10.8. The predicted octanol–water partition coefficient (Wildman–Crippen LogP) is 4.84. The molecule has 9 heteroatoms. The molecule has 3 aromatic carbocycles. The van der Waals surface area contributed by atoms with Gasteiger partial charge in [0.25, 0.3) is 0 Å². The van der Waals surface area contributed by atoms with E-state index in [1.165, 1.54) is 14.7 Å². The zero-order chi connectivity index (χ0) is 21.5. The summed E-state index contributed by atoms with van der Waals surface area (Å²) in [5.74, 6) is 0.892. The lowest BCUT2D eigenvalue weighted by Crippen LogP contribution is -2.21. The SMILES string of the molecule is COc1ccc([S+](c2ccccc2)c2ccccc2)cc1.O=S(=O)([O-])C(F)(F)F. The summed E-state index contributed by atoms with van der Waals surface area (Å²) in [4.78, 5) is 3.95. The van der Waals surface area contributed by atoms with Crippen LogP contribution >= 0.6 is 0 Å². The van der Waals surface area contributed by atoms with Crippen LogP contribution in [0.4, 0.5) is 13.2 Å². The molecule has 0 bridgehead atoms. The third-order valence-electron chi connectivity index (χ3n) is 3.54. The minimum absolute atomic E-state index is 0.0804. The van der Waals surface area contributed by atoms with Gasteiger partial charge in [-0.3, -0.25) is 0 Å². The molecule has 0 unspecified atom stereocenters. The van der Waals surface area contributed by atoms with E-state index in [2.05, 4.69) is 72.8 Å². The van der Waals surface area contributed by atoms with Crippen molar-refractivity contribution >= 4 is 21.0 Å². The predicted molar refractivity (Wildman–Crippen MR) is 104 cm³/mol. The van der Waals surface area contributed by atoms with Crippen molar-refractivity contribution in [2.45, 2.75) is 20.2 Å². The summed E-state index contributed by atoms with van der Waals surface area (Å²) in [5, 5.41) is 0. The van der Waals surface area contributed by atoms with Crippen LogP contribution in [0.15, 0.2) is 99.6 Å². The summed E-state index contributed by atoms with van der Waals surface area (Å²) in [6, 6.07) is 29.7. The van der Waals surface area contributed by atoms with Crippen molar-refractivity contribution in [1.82, 2.24) is 0 Å². The second kappa shape index (κ2) is 9.82. The number of hydrogen-bond donors (Lipinski definition) is 0. The molecule has 0 atom stereocenters. The van der Waals surface area contributed by atoms with E-state index in [0.717, 1.165) is 5.75 Å². The van der Waals surface area contributed by atoms with E-state index < -0.39 is 15.6 Å². The van der Waals surface area contributed by atoms with Gasteiger partial charge in [0.1, 0.15) is 5.75 Å². The molecule has 0 N–H and O–H groups in total. The highest BCUT2D eigenvalue weighted by Gasteiger charge is 2.37. The van der Waals surface area contributed by atoms with Crippen LogP contribution in [0.3, 0.4) is 0 Å². The normalized spacial score (nSPS) is 11.5. The van der Waals surface area contributed by atoms with Gasteiger partial charge in [-0.2, -0.15) is 13.2 Å². The number of ether oxygens (including phenoxy) is 1. The van der Waals surface area contributed by atoms with Crippen LogP contribution in [0.2, 0.25) is 0 Å². The molecule has 0 aliphatic heterocycles. The molecule has 0 aliphatic rings. The smallest absolute Gasteiger partial charge is 0.485 e. The lowest BCUT2D eigenvalue weighted by Gasteiger charge is -2.08. The van der Waals surface area contributed by atoms with Crippen molar-refractivity contribution < 1.29 is 30.9 Å².